The number of hydrogen-bond acceptors (Lipinski definition) is 8. The molecule has 0 spiro atoms. The number of rotatable bonds is 12. The van der Waals surface area contributed by atoms with Crippen molar-refractivity contribution < 1.29 is 58.6 Å². The molecule has 0 atom stereocenters. The van der Waals surface area contributed by atoms with Gasteiger partial charge in [-0.2, -0.15) is 0 Å². The van der Waals surface area contributed by atoms with Crippen molar-refractivity contribution in [1.29, 1.82) is 0 Å². The van der Waals surface area contributed by atoms with Crippen LogP contribution >= 0.6 is 0 Å². The minimum absolute atomic E-state index is 0.0152. The molecule has 0 bridgehead atoms. The standard InChI is InChI=1S/C40H54O12/c1-21-23-15-27(49-19-31(41)42)28(50-20-32(43)44)16-24(23)22(2)26-18-30(52-40(34(47)48,37(9,10)11)38(12,13)14)29(17-25(21)26)51-39(33(45)46,35(3,4)5)36(6,7)8/h15-18H,19-20H2,1-14H3,(H,41,42)(H,43,44)(H,45,46)(H,47,48). The van der Waals surface area contributed by atoms with E-state index in [-0.39, 0.29) is 23.0 Å². The number of carboxylic acid groups (broad SMARTS) is 4. The zero-order valence-electron chi connectivity index (χ0n) is 32.8. The van der Waals surface area contributed by atoms with Crippen LogP contribution in [0.15, 0.2) is 24.3 Å². The van der Waals surface area contributed by atoms with Gasteiger partial charge in [0.05, 0.1) is 0 Å². The SMILES string of the molecule is Cc1c2cc(OCC(=O)O)c(OCC(=O)O)cc2c(C)c2cc(OC(C(=O)O)(C(C)(C)C)C(C)(C)C)c(OC(C(=O)O)(C(C)(C)C)C(C)(C)C)cc12. The molecule has 0 fully saturated rings. The van der Waals surface area contributed by atoms with E-state index in [0.717, 1.165) is 0 Å². The molecule has 286 valence electrons. The third-order valence-electron chi connectivity index (χ3n) is 9.84. The molecule has 3 rings (SSSR count). The van der Waals surface area contributed by atoms with Crippen LogP contribution in [-0.4, -0.2) is 68.7 Å². The van der Waals surface area contributed by atoms with Crippen LogP contribution in [0.4, 0.5) is 0 Å². The molecule has 0 amide bonds. The van der Waals surface area contributed by atoms with Crippen LogP contribution in [0.3, 0.4) is 0 Å². The van der Waals surface area contributed by atoms with E-state index in [4.69, 9.17) is 18.9 Å². The highest BCUT2D eigenvalue weighted by Gasteiger charge is 2.62. The Hall–Kier alpha value is -4.74. The molecule has 0 aliphatic heterocycles. The maximum Gasteiger partial charge on any atom is 0.349 e. The van der Waals surface area contributed by atoms with Gasteiger partial charge in [0, 0.05) is 21.7 Å². The van der Waals surface area contributed by atoms with E-state index in [1.165, 1.54) is 0 Å². The summed E-state index contributed by atoms with van der Waals surface area (Å²) in [5.41, 5.74) is -6.32. The number of carbonyl (C=O) groups is 4. The maximum atomic E-state index is 13.4. The predicted molar refractivity (Wildman–Crippen MR) is 197 cm³/mol. The van der Waals surface area contributed by atoms with Crippen molar-refractivity contribution in [1.82, 2.24) is 0 Å². The highest BCUT2D eigenvalue weighted by Crippen LogP contribution is 2.54. The van der Waals surface area contributed by atoms with Crippen LogP contribution in [0.1, 0.15) is 94.2 Å². The lowest BCUT2D eigenvalue weighted by molar-refractivity contribution is -0.189. The molecule has 3 aromatic carbocycles. The predicted octanol–water partition coefficient (Wildman–Crippen LogP) is 8.13. The van der Waals surface area contributed by atoms with Gasteiger partial charge < -0.3 is 39.4 Å². The average Bonchev–Trinajstić information content (AvgIpc) is 2.95. The molecule has 0 aliphatic carbocycles. The second kappa shape index (κ2) is 13.7. The molecular formula is C40H54O12. The number of benzene rings is 3. The Kier molecular flexibility index (Phi) is 11.0. The molecular weight excluding hydrogens is 672 g/mol. The van der Waals surface area contributed by atoms with E-state index < -0.39 is 70.0 Å². The summed E-state index contributed by atoms with van der Waals surface area (Å²) in [5.74, 6) is -4.85. The second-order valence-corrected chi connectivity index (χ2v) is 17.5. The number of ether oxygens (including phenoxy) is 4. The van der Waals surface area contributed by atoms with E-state index in [2.05, 4.69) is 0 Å². The molecule has 0 saturated carbocycles. The van der Waals surface area contributed by atoms with Crippen LogP contribution < -0.4 is 18.9 Å². The number of hydrogen-bond donors (Lipinski definition) is 4. The lowest BCUT2D eigenvalue weighted by Crippen LogP contribution is -2.64. The molecule has 52 heavy (non-hydrogen) atoms. The quantitative estimate of drug-likeness (QED) is 0.132. The Morgan fingerprint density at radius 2 is 0.692 bits per heavy atom. The van der Waals surface area contributed by atoms with Crippen molar-refractivity contribution in [3.8, 4) is 23.0 Å². The van der Waals surface area contributed by atoms with E-state index in [1.807, 2.05) is 13.8 Å². The van der Waals surface area contributed by atoms with Gasteiger partial charge in [-0.05, 0) is 70.8 Å². The summed E-state index contributed by atoms with van der Waals surface area (Å²) >= 11 is 0. The third-order valence-corrected chi connectivity index (χ3v) is 9.84. The number of aliphatic carboxylic acids is 4. The van der Waals surface area contributed by atoms with Crippen molar-refractivity contribution in [2.75, 3.05) is 13.2 Å². The van der Waals surface area contributed by atoms with Crippen molar-refractivity contribution in [2.45, 2.75) is 108 Å². The van der Waals surface area contributed by atoms with Crippen molar-refractivity contribution in [2.24, 2.45) is 21.7 Å². The van der Waals surface area contributed by atoms with E-state index in [1.54, 1.807) is 107 Å². The number of carboxylic acids is 4. The lowest BCUT2D eigenvalue weighted by atomic mass is 9.62. The number of fused-ring (bicyclic) bond motifs is 2. The average molecular weight is 727 g/mol. The van der Waals surface area contributed by atoms with Crippen LogP contribution in [0, 0.1) is 35.5 Å². The Labute approximate surface area is 305 Å². The topological polar surface area (TPSA) is 186 Å². The Bertz CT molecular complexity index is 1740. The Morgan fingerprint density at radius 3 is 0.885 bits per heavy atom. The summed E-state index contributed by atoms with van der Waals surface area (Å²) in [5, 5.41) is 42.9. The van der Waals surface area contributed by atoms with Crippen LogP contribution in [0.25, 0.3) is 21.5 Å². The van der Waals surface area contributed by atoms with Gasteiger partial charge in [0.15, 0.2) is 36.2 Å². The fourth-order valence-corrected chi connectivity index (χ4v) is 7.88. The van der Waals surface area contributed by atoms with Crippen LogP contribution in [0.2, 0.25) is 0 Å². The van der Waals surface area contributed by atoms with Crippen molar-refractivity contribution >= 4 is 45.4 Å². The maximum absolute atomic E-state index is 13.4. The van der Waals surface area contributed by atoms with Crippen molar-refractivity contribution in [3.05, 3.63) is 35.4 Å². The first-order valence-corrected chi connectivity index (χ1v) is 17.0. The zero-order valence-corrected chi connectivity index (χ0v) is 32.8. The molecule has 4 N–H and O–H groups in total. The van der Waals surface area contributed by atoms with Crippen molar-refractivity contribution in [3.63, 3.8) is 0 Å². The summed E-state index contributed by atoms with van der Waals surface area (Å²) in [4.78, 5) is 49.6. The number of aryl methyl sites for hydroxylation is 2. The molecule has 3 aromatic rings. The largest absolute Gasteiger partial charge is 0.479 e. The molecule has 0 radical (unpaired) electrons. The normalized spacial score (nSPS) is 13.2. The molecule has 12 nitrogen and oxygen atoms in total. The van der Waals surface area contributed by atoms with E-state index in [0.29, 0.717) is 32.7 Å². The lowest BCUT2D eigenvalue weighted by Gasteiger charge is -2.51. The second-order valence-electron chi connectivity index (χ2n) is 17.5. The summed E-state index contributed by atoms with van der Waals surface area (Å²) in [6.45, 7) is 23.5. The first-order valence-electron chi connectivity index (χ1n) is 17.0. The monoisotopic (exact) mass is 726 g/mol. The molecule has 12 heteroatoms. The molecule has 0 saturated heterocycles. The summed E-state index contributed by atoms with van der Waals surface area (Å²) < 4.78 is 24.6. The Morgan fingerprint density at radius 1 is 0.462 bits per heavy atom. The van der Waals surface area contributed by atoms with Gasteiger partial charge in [-0.15, -0.1) is 0 Å². The van der Waals surface area contributed by atoms with Gasteiger partial charge in [-0.1, -0.05) is 83.1 Å². The molecule has 0 aromatic heterocycles. The summed E-state index contributed by atoms with van der Waals surface area (Å²) in [6, 6.07) is 6.46. The molecule has 0 unspecified atom stereocenters. The fourth-order valence-electron chi connectivity index (χ4n) is 7.88. The van der Waals surface area contributed by atoms with Crippen LogP contribution in [0.5, 0.6) is 23.0 Å². The molecule has 0 aliphatic rings. The third kappa shape index (κ3) is 7.16. The van der Waals surface area contributed by atoms with Crippen LogP contribution in [-0.2, 0) is 19.2 Å². The molecule has 0 heterocycles. The smallest absolute Gasteiger partial charge is 0.349 e. The van der Waals surface area contributed by atoms with E-state index >= 15 is 0 Å². The summed E-state index contributed by atoms with van der Waals surface area (Å²) in [7, 11) is 0. The highest BCUT2D eigenvalue weighted by molar-refractivity contribution is 6.07. The van der Waals surface area contributed by atoms with E-state index in [9.17, 15) is 39.6 Å². The first kappa shape index (κ1) is 41.7. The van der Waals surface area contributed by atoms with Gasteiger partial charge in [0.2, 0.25) is 11.2 Å². The minimum Gasteiger partial charge on any atom is -0.479 e. The fraction of sp³-hybridized carbons (Fsp3) is 0.550. The van der Waals surface area contributed by atoms with Gasteiger partial charge in [0.1, 0.15) is 0 Å². The minimum atomic E-state index is -1.85. The highest BCUT2D eigenvalue weighted by atomic mass is 16.6. The van der Waals surface area contributed by atoms with Gasteiger partial charge in [0.25, 0.3) is 0 Å². The zero-order chi connectivity index (χ0) is 40.2. The summed E-state index contributed by atoms with van der Waals surface area (Å²) in [6.07, 6.45) is 0. The van der Waals surface area contributed by atoms with Gasteiger partial charge >= 0.3 is 23.9 Å². The Balaban J connectivity index is 2.62. The van der Waals surface area contributed by atoms with Gasteiger partial charge in [-0.25, -0.2) is 19.2 Å². The van der Waals surface area contributed by atoms with Gasteiger partial charge in [-0.3, -0.25) is 0 Å². The first-order chi connectivity index (χ1) is 23.4.